The van der Waals surface area contributed by atoms with Gasteiger partial charge in [0.2, 0.25) is 0 Å². The summed E-state index contributed by atoms with van der Waals surface area (Å²) in [5.74, 6) is 0. The molecule has 0 saturated carbocycles. The van der Waals surface area contributed by atoms with Crippen LogP contribution in [0.5, 0.6) is 0 Å². The van der Waals surface area contributed by atoms with Crippen LogP contribution in [0.25, 0.3) is 54.3 Å². The third kappa shape index (κ3) is 3.14. The first kappa shape index (κ1) is 21.0. The van der Waals surface area contributed by atoms with Gasteiger partial charge in [-0.25, -0.2) is 0 Å². The van der Waals surface area contributed by atoms with Crippen molar-refractivity contribution < 1.29 is 4.42 Å². The van der Waals surface area contributed by atoms with E-state index in [0.717, 1.165) is 39.0 Å². The molecule has 0 bridgehead atoms. The molecular weight excluding hydrogens is 462 g/mol. The van der Waals surface area contributed by atoms with E-state index in [4.69, 9.17) is 4.42 Å². The lowest BCUT2D eigenvalue weighted by Crippen LogP contribution is -2.10. The normalized spacial score (nSPS) is 11.7. The number of anilines is 3. The minimum Gasteiger partial charge on any atom is -0.456 e. The molecule has 0 spiro atoms. The smallest absolute Gasteiger partial charge is 0.137 e. The van der Waals surface area contributed by atoms with Crippen LogP contribution >= 0.6 is 0 Å². The molecule has 178 valence electrons. The van der Waals surface area contributed by atoms with Crippen molar-refractivity contribution in [1.82, 2.24) is 0 Å². The number of rotatable bonds is 3. The maximum Gasteiger partial charge on any atom is 0.137 e. The minimum atomic E-state index is 0.889. The van der Waals surface area contributed by atoms with E-state index >= 15 is 0 Å². The van der Waals surface area contributed by atoms with Crippen LogP contribution < -0.4 is 4.90 Å². The molecule has 0 amide bonds. The van der Waals surface area contributed by atoms with Crippen LogP contribution in [-0.2, 0) is 0 Å². The molecule has 1 aromatic heterocycles. The summed E-state index contributed by atoms with van der Waals surface area (Å²) in [6, 6.07) is 49.6. The highest BCUT2D eigenvalue weighted by molar-refractivity contribution is 6.21. The SMILES string of the molecule is c1ccc(N(c2ccc3c(c2)oc2ccccc23)c2cc3c4ccccc4ccc3c3ccccc23)cc1. The highest BCUT2D eigenvalue weighted by atomic mass is 16.3. The molecule has 0 fully saturated rings. The Morgan fingerprint density at radius 1 is 0.368 bits per heavy atom. The van der Waals surface area contributed by atoms with Crippen LogP contribution in [0.3, 0.4) is 0 Å². The Hall–Kier alpha value is -5.08. The van der Waals surface area contributed by atoms with E-state index in [0.29, 0.717) is 0 Å². The first-order valence-corrected chi connectivity index (χ1v) is 12.9. The second-order valence-electron chi connectivity index (χ2n) is 9.77. The van der Waals surface area contributed by atoms with Gasteiger partial charge in [0.15, 0.2) is 0 Å². The average molecular weight is 486 g/mol. The van der Waals surface area contributed by atoms with Gasteiger partial charge in [-0.05, 0) is 63.3 Å². The molecule has 7 aromatic carbocycles. The molecule has 8 aromatic rings. The van der Waals surface area contributed by atoms with E-state index in [-0.39, 0.29) is 0 Å². The fraction of sp³-hybridized carbons (Fsp3) is 0. The molecule has 1 heterocycles. The fourth-order valence-electron chi connectivity index (χ4n) is 5.88. The molecule has 2 heteroatoms. The van der Waals surface area contributed by atoms with Gasteiger partial charge in [-0.1, -0.05) is 97.1 Å². The third-order valence-electron chi connectivity index (χ3n) is 7.62. The molecule has 0 unspecified atom stereocenters. The van der Waals surface area contributed by atoms with Crippen molar-refractivity contribution >= 4 is 71.3 Å². The minimum absolute atomic E-state index is 0.889. The Balaban J connectivity index is 1.47. The summed E-state index contributed by atoms with van der Waals surface area (Å²) in [5, 5.41) is 9.76. The van der Waals surface area contributed by atoms with Gasteiger partial charge in [0, 0.05) is 33.6 Å². The van der Waals surface area contributed by atoms with E-state index in [1.165, 1.54) is 32.3 Å². The van der Waals surface area contributed by atoms with Gasteiger partial charge in [0.25, 0.3) is 0 Å². The molecule has 0 aliphatic rings. The van der Waals surface area contributed by atoms with Crippen LogP contribution in [0.4, 0.5) is 17.1 Å². The molecule has 0 atom stereocenters. The maximum atomic E-state index is 6.30. The van der Waals surface area contributed by atoms with E-state index in [2.05, 4.69) is 132 Å². The summed E-state index contributed by atoms with van der Waals surface area (Å²) < 4.78 is 6.30. The van der Waals surface area contributed by atoms with Crippen molar-refractivity contribution in [2.75, 3.05) is 4.90 Å². The van der Waals surface area contributed by atoms with E-state index < -0.39 is 0 Å². The van der Waals surface area contributed by atoms with Crippen molar-refractivity contribution in [3.8, 4) is 0 Å². The van der Waals surface area contributed by atoms with Gasteiger partial charge in [-0.3, -0.25) is 0 Å². The molecule has 0 aliphatic heterocycles. The lowest BCUT2D eigenvalue weighted by atomic mass is 9.95. The lowest BCUT2D eigenvalue weighted by molar-refractivity contribution is 0.669. The molecule has 38 heavy (non-hydrogen) atoms. The topological polar surface area (TPSA) is 16.4 Å². The first-order valence-electron chi connectivity index (χ1n) is 12.9. The zero-order valence-electron chi connectivity index (χ0n) is 20.6. The van der Waals surface area contributed by atoms with Gasteiger partial charge in [0.05, 0.1) is 5.69 Å². The van der Waals surface area contributed by atoms with Crippen molar-refractivity contribution in [3.05, 3.63) is 140 Å². The summed E-state index contributed by atoms with van der Waals surface area (Å²) >= 11 is 0. The summed E-state index contributed by atoms with van der Waals surface area (Å²) in [6.45, 7) is 0. The van der Waals surface area contributed by atoms with Crippen molar-refractivity contribution in [2.45, 2.75) is 0 Å². The van der Waals surface area contributed by atoms with Crippen LogP contribution in [0.1, 0.15) is 0 Å². The number of benzene rings is 7. The number of hydrogen-bond acceptors (Lipinski definition) is 2. The Bertz CT molecular complexity index is 2140. The van der Waals surface area contributed by atoms with Crippen molar-refractivity contribution in [2.24, 2.45) is 0 Å². The lowest BCUT2D eigenvalue weighted by Gasteiger charge is -2.27. The number of hydrogen-bond donors (Lipinski definition) is 0. The maximum absolute atomic E-state index is 6.30. The van der Waals surface area contributed by atoms with Crippen LogP contribution in [0.2, 0.25) is 0 Å². The predicted octanol–water partition coefficient (Wildman–Crippen LogP) is 10.5. The van der Waals surface area contributed by atoms with E-state index in [9.17, 15) is 0 Å². The quantitative estimate of drug-likeness (QED) is 0.231. The number of para-hydroxylation sites is 2. The van der Waals surface area contributed by atoms with E-state index in [1.807, 2.05) is 12.1 Å². The monoisotopic (exact) mass is 485 g/mol. The highest BCUT2D eigenvalue weighted by Gasteiger charge is 2.19. The highest BCUT2D eigenvalue weighted by Crippen LogP contribution is 2.44. The average Bonchev–Trinajstić information content (AvgIpc) is 3.36. The third-order valence-corrected chi connectivity index (χ3v) is 7.62. The van der Waals surface area contributed by atoms with Crippen LogP contribution in [0, 0.1) is 0 Å². The molecule has 0 radical (unpaired) electrons. The molecule has 0 aliphatic carbocycles. The molecule has 2 nitrogen and oxygen atoms in total. The van der Waals surface area contributed by atoms with Crippen molar-refractivity contribution in [1.29, 1.82) is 0 Å². The summed E-state index contributed by atoms with van der Waals surface area (Å²) in [6.07, 6.45) is 0. The molecule has 0 saturated heterocycles. The van der Waals surface area contributed by atoms with Crippen LogP contribution in [-0.4, -0.2) is 0 Å². The van der Waals surface area contributed by atoms with Crippen LogP contribution in [0.15, 0.2) is 144 Å². The predicted molar refractivity (Wildman–Crippen MR) is 161 cm³/mol. The fourth-order valence-corrected chi connectivity index (χ4v) is 5.88. The zero-order chi connectivity index (χ0) is 25.1. The Morgan fingerprint density at radius 3 is 1.87 bits per heavy atom. The summed E-state index contributed by atoms with van der Waals surface area (Å²) in [7, 11) is 0. The zero-order valence-corrected chi connectivity index (χ0v) is 20.6. The van der Waals surface area contributed by atoms with Gasteiger partial charge in [-0.2, -0.15) is 0 Å². The summed E-state index contributed by atoms with van der Waals surface area (Å²) in [5.41, 5.74) is 5.11. The molecule has 0 N–H and O–H groups in total. The Kier molecular flexibility index (Phi) is 4.55. The number of furan rings is 1. The second kappa shape index (κ2) is 8.22. The standard InChI is InChI=1S/C36H23NO/c1-2-11-25(12-3-1)37(26-19-21-32-31-16-8-9-17-35(31)38-36(32)22-26)34-23-33-27-13-5-4-10-24(27)18-20-29(33)28-14-6-7-15-30(28)34/h1-23H. The first-order chi connectivity index (χ1) is 18.8. The number of nitrogens with zero attached hydrogens (tertiary/aromatic N) is 1. The second-order valence-corrected chi connectivity index (χ2v) is 9.77. The molecular formula is C36H23NO. The van der Waals surface area contributed by atoms with E-state index in [1.54, 1.807) is 0 Å². The number of fused-ring (bicyclic) bond motifs is 8. The molecule has 8 rings (SSSR count). The largest absolute Gasteiger partial charge is 0.456 e. The Morgan fingerprint density at radius 2 is 1.00 bits per heavy atom. The van der Waals surface area contributed by atoms with Gasteiger partial charge in [0.1, 0.15) is 11.2 Å². The van der Waals surface area contributed by atoms with Gasteiger partial charge >= 0.3 is 0 Å². The van der Waals surface area contributed by atoms with Gasteiger partial charge < -0.3 is 9.32 Å². The van der Waals surface area contributed by atoms with Crippen molar-refractivity contribution in [3.63, 3.8) is 0 Å². The Labute approximate surface area is 220 Å². The summed E-state index contributed by atoms with van der Waals surface area (Å²) in [4.78, 5) is 2.36. The van der Waals surface area contributed by atoms with Gasteiger partial charge in [-0.15, -0.1) is 0 Å².